The number of halogens is 4. The summed E-state index contributed by atoms with van der Waals surface area (Å²) in [7, 11) is 3.40. The van der Waals surface area contributed by atoms with E-state index >= 15 is 0 Å². The molecule has 0 aliphatic heterocycles. The molecule has 0 fully saturated rings. The zero-order chi connectivity index (χ0) is 16.1. The number of carbonyl (C=O) groups is 2. The highest BCUT2D eigenvalue weighted by atomic mass is 35.5. The second-order valence-corrected chi connectivity index (χ2v) is 4.21. The van der Waals surface area contributed by atoms with Crippen LogP contribution in [0.5, 0.6) is 0 Å². The van der Waals surface area contributed by atoms with E-state index in [-0.39, 0.29) is 5.91 Å². The third-order valence-corrected chi connectivity index (χ3v) is 2.01. The van der Waals surface area contributed by atoms with Crippen molar-refractivity contribution >= 4 is 23.5 Å². The summed E-state index contributed by atoms with van der Waals surface area (Å²) in [5.74, 6) is -2.82. The smallest absolute Gasteiger partial charge is 0.475 e. The third-order valence-electron chi connectivity index (χ3n) is 1.82. The van der Waals surface area contributed by atoms with Crippen LogP contribution in [0.25, 0.3) is 0 Å². The van der Waals surface area contributed by atoms with Gasteiger partial charge >= 0.3 is 12.1 Å². The Labute approximate surface area is 118 Å². The molecule has 1 aromatic rings. The molecule has 0 atom stereocenters. The number of carbonyl (C=O) groups excluding carboxylic acids is 1. The number of aryl methyl sites for hydroxylation is 1. The van der Waals surface area contributed by atoms with Crippen molar-refractivity contribution in [3.05, 3.63) is 28.5 Å². The maximum atomic E-state index is 11.5. The molecule has 0 aliphatic rings. The molecule has 9 heteroatoms. The SMILES string of the molecule is Cc1cc(C(=O)N(C)C)cc(Cl)n1.O=C(O)C(F)(F)F. The van der Waals surface area contributed by atoms with Crippen LogP contribution in [0.4, 0.5) is 13.2 Å². The number of aliphatic carboxylic acids is 1. The molecule has 20 heavy (non-hydrogen) atoms. The number of pyridine rings is 1. The number of nitrogens with zero attached hydrogens (tertiary/aromatic N) is 2. The summed E-state index contributed by atoms with van der Waals surface area (Å²) in [6, 6.07) is 3.28. The van der Waals surface area contributed by atoms with Gasteiger partial charge in [-0.1, -0.05) is 11.6 Å². The van der Waals surface area contributed by atoms with E-state index in [1.807, 2.05) is 0 Å². The minimum absolute atomic E-state index is 0.0626. The van der Waals surface area contributed by atoms with Crippen LogP contribution in [-0.2, 0) is 4.79 Å². The van der Waals surface area contributed by atoms with Gasteiger partial charge in [0.25, 0.3) is 5.91 Å². The number of carboxylic acids is 1. The molecule has 0 spiro atoms. The number of aromatic nitrogens is 1. The summed E-state index contributed by atoms with van der Waals surface area (Å²) >= 11 is 5.72. The van der Waals surface area contributed by atoms with Crippen molar-refractivity contribution < 1.29 is 27.9 Å². The van der Waals surface area contributed by atoms with Crippen molar-refractivity contribution in [2.45, 2.75) is 13.1 Å². The molecule has 1 aromatic heterocycles. The number of carboxylic acid groups (broad SMARTS) is 1. The van der Waals surface area contributed by atoms with E-state index in [0.717, 1.165) is 5.69 Å². The van der Waals surface area contributed by atoms with Gasteiger partial charge in [0.2, 0.25) is 0 Å². The van der Waals surface area contributed by atoms with E-state index in [2.05, 4.69) is 4.98 Å². The largest absolute Gasteiger partial charge is 0.490 e. The molecule has 1 N–H and O–H groups in total. The first-order valence-electron chi connectivity index (χ1n) is 5.11. The molecule has 1 heterocycles. The molecule has 0 bridgehead atoms. The van der Waals surface area contributed by atoms with Crippen LogP contribution >= 0.6 is 11.6 Å². The summed E-state index contributed by atoms with van der Waals surface area (Å²) in [5, 5.41) is 7.48. The summed E-state index contributed by atoms with van der Waals surface area (Å²) in [5.41, 5.74) is 1.32. The van der Waals surface area contributed by atoms with Gasteiger partial charge in [-0.05, 0) is 19.1 Å². The van der Waals surface area contributed by atoms with Crippen molar-refractivity contribution in [2.24, 2.45) is 0 Å². The lowest BCUT2D eigenvalue weighted by atomic mass is 10.2. The zero-order valence-electron chi connectivity index (χ0n) is 10.8. The lowest BCUT2D eigenvalue weighted by molar-refractivity contribution is -0.192. The Balaban J connectivity index is 0.000000441. The van der Waals surface area contributed by atoms with Crippen molar-refractivity contribution in [3.8, 4) is 0 Å². The van der Waals surface area contributed by atoms with Gasteiger partial charge in [-0.15, -0.1) is 0 Å². The van der Waals surface area contributed by atoms with E-state index in [1.54, 1.807) is 33.2 Å². The van der Waals surface area contributed by atoms with E-state index in [4.69, 9.17) is 21.5 Å². The Bertz CT molecular complexity index is 484. The van der Waals surface area contributed by atoms with Crippen molar-refractivity contribution in [1.29, 1.82) is 0 Å². The fourth-order valence-electron chi connectivity index (χ4n) is 1.01. The molecule has 0 aliphatic carbocycles. The topological polar surface area (TPSA) is 70.5 Å². The summed E-state index contributed by atoms with van der Waals surface area (Å²) in [6.07, 6.45) is -5.08. The molecule has 0 saturated heterocycles. The average molecular weight is 313 g/mol. The Hall–Kier alpha value is -1.83. The van der Waals surface area contributed by atoms with Crippen LogP contribution in [0.1, 0.15) is 16.1 Å². The van der Waals surface area contributed by atoms with Crippen LogP contribution in [0.15, 0.2) is 12.1 Å². The van der Waals surface area contributed by atoms with Crippen LogP contribution in [0.3, 0.4) is 0 Å². The van der Waals surface area contributed by atoms with Gasteiger partial charge in [-0.3, -0.25) is 4.79 Å². The highest BCUT2D eigenvalue weighted by Crippen LogP contribution is 2.13. The Morgan fingerprint density at radius 3 is 2.05 bits per heavy atom. The minimum atomic E-state index is -5.08. The number of amides is 1. The molecule has 0 saturated carbocycles. The first kappa shape index (κ1) is 18.2. The van der Waals surface area contributed by atoms with Crippen molar-refractivity contribution in [3.63, 3.8) is 0 Å². The highest BCUT2D eigenvalue weighted by Gasteiger charge is 2.38. The Morgan fingerprint density at radius 2 is 1.75 bits per heavy atom. The lowest BCUT2D eigenvalue weighted by Gasteiger charge is -2.10. The molecular formula is C11H12ClF3N2O3. The predicted molar refractivity (Wildman–Crippen MR) is 65.7 cm³/mol. The molecule has 1 amide bonds. The van der Waals surface area contributed by atoms with E-state index < -0.39 is 12.1 Å². The van der Waals surface area contributed by atoms with Crippen molar-refractivity contribution in [2.75, 3.05) is 14.1 Å². The first-order chi connectivity index (χ1) is 8.95. The van der Waals surface area contributed by atoms with E-state index in [1.165, 1.54) is 4.90 Å². The fourth-order valence-corrected chi connectivity index (χ4v) is 1.26. The maximum absolute atomic E-state index is 11.5. The molecule has 5 nitrogen and oxygen atoms in total. The Morgan fingerprint density at radius 1 is 1.30 bits per heavy atom. The van der Waals surface area contributed by atoms with Gasteiger partial charge in [0.15, 0.2) is 0 Å². The monoisotopic (exact) mass is 312 g/mol. The van der Waals surface area contributed by atoms with Crippen LogP contribution in [0, 0.1) is 6.92 Å². The van der Waals surface area contributed by atoms with Gasteiger partial charge in [0, 0.05) is 25.4 Å². The van der Waals surface area contributed by atoms with Crippen LogP contribution < -0.4 is 0 Å². The second-order valence-electron chi connectivity index (χ2n) is 3.82. The lowest BCUT2D eigenvalue weighted by Crippen LogP contribution is -2.21. The molecule has 0 unspecified atom stereocenters. The summed E-state index contributed by atoms with van der Waals surface area (Å²) in [4.78, 5) is 25.9. The van der Waals surface area contributed by atoms with Gasteiger partial charge < -0.3 is 10.0 Å². The zero-order valence-corrected chi connectivity index (χ0v) is 11.6. The summed E-state index contributed by atoms with van der Waals surface area (Å²) in [6.45, 7) is 1.80. The highest BCUT2D eigenvalue weighted by molar-refractivity contribution is 6.29. The fraction of sp³-hybridized carbons (Fsp3) is 0.364. The molecular weight excluding hydrogens is 301 g/mol. The molecule has 1 rings (SSSR count). The molecule has 0 aromatic carbocycles. The van der Waals surface area contributed by atoms with Gasteiger partial charge in [-0.25, -0.2) is 9.78 Å². The van der Waals surface area contributed by atoms with Crippen LogP contribution in [0.2, 0.25) is 5.15 Å². The first-order valence-corrected chi connectivity index (χ1v) is 5.49. The standard InChI is InChI=1S/C9H11ClN2O.C2HF3O2/c1-6-4-7(5-8(10)11-6)9(13)12(2)3;3-2(4,5)1(6)7/h4-5H,1-3H3;(H,6,7). The Kier molecular flexibility index (Phi) is 6.44. The normalized spacial score (nSPS) is 10.3. The number of hydrogen-bond acceptors (Lipinski definition) is 3. The predicted octanol–water partition coefficient (Wildman–Crippen LogP) is 2.38. The van der Waals surface area contributed by atoms with Crippen LogP contribution in [-0.4, -0.2) is 47.1 Å². The molecule has 112 valence electrons. The number of alkyl halides is 3. The average Bonchev–Trinajstić information content (AvgIpc) is 2.25. The maximum Gasteiger partial charge on any atom is 0.490 e. The van der Waals surface area contributed by atoms with E-state index in [9.17, 15) is 18.0 Å². The quantitative estimate of drug-likeness (QED) is 0.808. The van der Waals surface area contributed by atoms with E-state index in [0.29, 0.717) is 10.7 Å². The molecule has 0 radical (unpaired) electrons. The number of rotatable bonds is 1. The van der Waals surface area contributed by atoms with Gasteiger partial charge in [0.1, 0.15) is 5.15 Å². The van der Waals surface area contributed by atoms with Gasteiger partial charge in [-0.2, -0.15) is 13.2 Å². The minimum Gasteiger partial charge on any atom is -0.475 e. The third kappa shape index (κ3) is 6.37. The van der Waals surface area contributed by atoms with Gasteiger partial charge in [0.05, 0.1) is 0 Å². The number of hydrogen-bond donors (Lipinski definition) is 1. The second kappa shape index (κ2) is 7.09. The van der Waals surface area contributed by atoms with Crippen molar-refractivity contribution in [1.82, 2.24) is 9.88 Å². The summed E-state index contributed by atoms with van der Waals surface area (Å²) < 4.78 is 31.7.